The second-order valence-corrected chi connectivity index (χ2v) is 5.30. The summed E-state index contributed by atoms with van der Waals surface area (Å²) in [6, 6.07) is 0.995. The molecule has 6 heteroatoms. The molecule has 1 aromatic heterocycles. The number of fused-ring (bicyclic) bond motifs is 1. The molecule has 0 radical (unpaired) electrons. The topological polar surface area (TPSA) is 73.7 Å². The molecule has 1 aliphatic heterocycles. The van der Waals surface area contributed by atoms with Gasteiger partial charge in [-0.25, -0.2) is 14.2 Å². The molecule has 3 rings (SSSR count). The maximum absolute atomic E-state index is 13.1. The van der Waals surface area contributed by atoms with Gasteiger partial charge in [-0.3, -0.25) is 0 Å². The lowest BCUT2D eigenvalue weighted by atomic mass is 10.00. The van der Waals surface area contributed by atoms with E-state index in [1.165, 1.54) is 0 Å². The summed E-state index contributed by atoms with van der Waals surface area (Å²) in [5, 5.41) is 19.0. The van der Waals surface area contributed by atoms with Crippen LogP contribution in [0.5, 0.6) is 0 Å². The number of carboxylic acid groups (broad SMARTS) is 1. The fraction of sp³-hybridized carbons (Fsp3) is 0.538. The van der Waals surface area contributed by atoms with E-state index in [1.807, 2.05) is 4.90 Å². The van der Waals surface area contributed by atoms with Crippen LogP contribution in [0.1, 0.15) is 23.2 Å². The van der Waals surface area contributed by atoms with Crippen LogP contribution in [-0.2, 0) is 0 Å². The van der Waals surface area contributed by atoms with E-state index in [0.29, 0.717) is 24.8 Å². The van der Waals surface area contributed by atoms with E-state index in [2.05, 4.69) is 4.98 Å². The Morgan fingerprint density at radius 1 is 1.42 bits per heavy atom. The van der Waals surface area contributed by atoms with Crippen LogP contribution in [0.15, 0.2) is 12.3 Å². The second-order valence-electron chi connectivity index (χ2n) is 5.30. The average molecular weight is 266 g/mol. The SMILES string of the molecule is O=C(O)c1cc(F)cnc1N1CC2CCC(O)C2C1. The minimum Gasteiger partial charge on any atom is -0.478 e. The minimum atomic E-state index is -1.18. The number of aromatic carboxylic acids is 1. The van der Waals surface area contributed by atoms with Crippen LogP contribution in [-0.4, -0.2) is 40.4 Å². The van der Waals surface area contributed by atoms with Crippen molar-refractivity contribution in [3.05, 3.63) is 23.6 Å². The first-order valence-electron chi connectivity index (χ1n) is 6.38. The standard InChI is InChI=1S/C13H15FN2O3/c14-8-3-9(13(18)19)12(15-4-8)16-5-7-1-2-11(17)10(7)6-16/h3-4,7,10-11,17H,1-2,5-6H2,(H,18,19). The van der Waals surface area contributed by atoms with Gasteiger partial charge in [-0.15, -0.1) is 0 Å². The largest absolute Gasteiger partial charge is 0.478 e. The predicted octanol–water partition coefficient (Wildman–Crippen LogP) is 1.13. The quantitative estimate of drug-likeness (QED) is 0.839. The van der Waals surface area contributed by atoms with Gasteiger partial charge in [0.15, 0.2) is 0 Å². The first kappa shape index (κ1) is 12.3. The van der Waals surface area contributed by atoms with Gasteiger partial charge in [0.05, 0.1) is 12.3 Å². The number of nitrogens with zero attached hydrogens (tertiary/aromatic N) is 2. The molecular formula is C13H15FN2O3. The number of carboxylic acids is 1. The molecule has 102 valence electrons. The molecule has 1 saturated carbocycles. The van der Waals surface area contributed by atoms with E-state index in [4.69, 9.17) is 5.11 Å². The number of carbonyl (C=O) groups is 1. The number of halogens is 1. The van der Waals surface area contributed by atoms with Crippen molar-refractivity contribution in [3.8, 4) is 0 Å². The molecule has 0 aromatic carbocycles. The van der Waals surface area contributed by atoms with Gasteiger partial charge in [-0.1, -0.05) is 0 Å². The van der Waals surface area contributed by atoms with E-state index in [-0.39, 0.29) is 17.6 Å². The molecule has 1 saturated heterocycles. The highest BCUT2D eigenvalue weighted by atomic mass is 19.1. The van der Waals surface area contributed by atoms with Crippen LogP contribution < -0.4 is 4.90 Å². The van der Waals surface area contributed by atoms with Crippen molar-refractivity contribution in [2.75, 3.05) is 18.0 Å². The molecule has 0 bridgehead atoms. The Balaban J connectivity index is 1.90. The summed E-state index contributed by atoms with van der Waals surface area (Å²) in [5.74, 6) is -0.979. The molecule has 2 aliphatic rings. The van der Waals surface area contributed by atoms with Crippen molar-refractivity contribution in [3.63, 3.8) is 0 Å². The van der Waals surface area contributed by atoms with E-state index < -0.39 is 11.8 Å². The first-order chi connectivity index (χ1) is 9.06. The van der Waals surface area contributed by atoms with Crippen molar-refractivity contribution in [2.45, 2.75) is 18.9 Å². The molecule has 2 fully saturated rings. The summed E-state index contributed by atoms with van der Waals surface area (Å²) in [5.41, 5.74) is -0.116. The minimum absolute atomic E-state index is 0.116. The van der Waals surface area contributed by atoms with Crippen LogP contribution in [0.3, 0.4) is 0 Å². The van der Waals surface area contributed by atoms with Crippen LogP contribution in [0, 0.1) is 17.7 Å². The zero-order chi connectivity index (χ0) is 13.6. The van der Waals surface area contributed by atoms with E-state index >= 15 is 0 Å². The van der Waals surface area contributed by atoms with Gasteiger partial charge in [0.25, 0.3) is 0 Å². The molecule has 3 unspecified atom stereocenters. The fourth-order valence-electron chi connectivity index (χ4n) is 3.25. The Kier molecular flexibility index (Phi) is 2.89. The molecule has 2 heterocycles. The van der Waals surface area contributed by atoms with Gasteiger partial charge in [-0.2, -0.15) is 0 Å². The Bertz CT molecular complexity index is 523. The third-order valence-electron chi connectivity index (χ3n) is 4.18. The Morgan fingerprint density at radius 2 is 2.21 bits per heavy atom. The van der Waals surface area contributed by atoms with Crippen molar-refractivity contribution >= 4 is 11.8 Å². The molecule has 2 N–H and O–H groups in total. The lowest BCUT2D eigenvalue weighted by Crippen LogP contribution is -2.27. The number of hydrogen-bond donors (Lipinski definition) is 2. The number of hydrogen-bond acceptors (Lipinski definition) is 4. The van der Waals surface area contributed by atoms with Crippen molar-refractivity contribution in [2.24, 2.45) is 11.8 Å². The molecule has 1 aliphatic carbocycles. The number of pyridine rings is 1. The summed E-state index contributed by atoms with van der Waals surface area (Å²) in [6.07, 6.45) is 2.48. The highest BCUT2D eigenvalue weighted by Gasteiger charge is 2.42. The number of aromatic nitrogens is 1. The summed E-state index contributed by atoms with van der Waals surface area (Å²) in [6.45, 7) is 1.27. The summed E-state index contributed by atoms with van der Waals surface area (Å²) in [7, 11) is 0. The summed E-state index contributed by atoms with van der Waals surface area (Å²) >= 11 is 0. The van der Waals surface area contributed by atoms with E-state index in [0.717, 1.165) is 25.1 Å². The Labute approximate surface area is 109 Å². The maximum Gasteiger partial charge on any atom is 0.339 e. The second kappa shape index (κ2) is 4.45. The molecular weight excluding hydrogens is 251 g/mol. The van der Waals surface area contributed by atoms with Gasteiger partial charge in [0.2, 0.25) is 0 Å². The average Bonchev–Trinajstić information content (AvgIpc) is 2.92. The van der Waals surface area contributed by atoms with Gasteiger partial charge in [0, 0.05) is 19.0 Å². The molecule has 1 aromatic rings. The lowest BCUT2D eigenvalue weighted by molar-refractivity contribution is 0.0696. The summed E-state index contributed by atoms with van der Waals surface area (Å²) in [4.78, 5) is 16.9. The van der Waals surface area contributed by atoms with Gasteiger partial charge >= 0.3 is 5.97 Å². The van der Waals surface area contributed by atoms with Crippen molar-refractivity contribution < 1.29 is 19.4 Å². The summed E-state index contributed by atoms with van der Waals surface area (Å²) < 4.78 is 13.1. The van der Waals surface area contributed by atoms with Gasteiger partial charge in [0.1, 0.15) is 17.2 Å². The van der Waals surface area contributed by atoms with Crippen LogP contribution in [0.4, 0.5) is 10.2 Å². The highest BCUT2D eigenvalue weighted by molar-refractivity contribution is 5.93. The fourth-order valence-corrected chi connectivity index (χ4v) is 3.25. The number of aliphatic hydroxyl groups is 1. The Hall–Kier alpha value is -1.69. The van der Waals surface area contributed by atoms with E-state index in [1.54, 1.807) is 0 Å². The highest BCUT2D eigenvalue weighted by Crippen LogP contribution is 2.40. The number of rotatable bonds is 2. The van der Waals surface area contributed by atoms with Crippen molar-refractivity contribution in [1.29, 1.82) is 0 Å². The van der Waals surface area contributed by atoms with Gasteiger partial charge in [-0.05, 0) is 24.8 Å². The number of anilines is 1. The zero-order valence-corrected chi connectivity index (χ0v) is 10.3. The maximum atomic E-state index is 13.1. The first-order valence-corrected chi connectivity index (χ1v) is 6.38. The monoisotopic (exact) mass is 266 g/mol. The van der Waals surface area contributed by atoms with E-state index in [9.17, 15) is 14.3 Å². The Morgan fingerprint density at radius 3 is 2.89 bits per heavy atom. The molecule has 0 amide bonds. The molecule has 5 nitrogen and oxygen atoms in total. The van der Waals surface area contributed by atoms with Crippen molar-refractivity contribution in [1.82, 2.24) is 4.98 Å². The normalized spacial score (nSPS) is 29.6. The molecule has 3 atom stereocenters. The third kappa shape index (κ3) is 2.06. The van der Waals surface area contributed by atoms with Crippen LogP contribution in [0.25, 0.3) is 0 Å². The van der Waals surface area contributed by atoms with Gasteiger partial charge < -0.3 is 15.1 Å². The van der Waals surface area contributed by atoms with Crippen LogP contribution >= 0.6 is 0 Å². The smallest absolute Gasteiger partial charge is 0.339 e. The van der Waals surface area contributed by atoms with Crippen LogP contribution in [0.2, 0.25) is 0 Å². The lowest BCUT2D eigenvalue weighted by Gasteiger charge is -2.20. The molecule has 19 heavy (non-hydrogen) atoms. The third-order valence-corrected chi connectivity index (χ3v) is 4.18. The number of aliphatic hydroxyl groups excluding tert-OH is 1. The zero-order valence-electron chi connectivity index (χ0n) is 10.3. The molecule has 0 spiro atoms. The predicted molar refractivity (Wildman–Crippen MR) is 65.6 cm³/mol.